The number of pyridine rings is 1. The van der Waals surface area contributed by atoms with Gasteiger partial charge in [-0.05, 0) is 34.8 Å². The minimum Gasteiger partial charge on any atom is -0.381 e. The fourth-order valence-electron chi connectivity index (χ4n) is 2.43. The van der Waals surface area contributed by atoms with Crippen molar-refractivity contribution >= 4 is 21.6 Å². The molecule has 0 N–H and O–H groups in total. The van der Waals surface area contributed by atoms with E-state index < -0.39 is 11.7 Å². The third kappa shape index (κ3) is 2.56. The molecule has 0 radical (unpaired) electrons. The molecule has 108 valence electrons. The van der Waals surface area contributed by atoms with Crippen LogP contribution in [0.15, 0.2) is 22.9 Å². The Morgan fingerprint density at radius 3 is 2.60 bits per heavy atom. The van der Waals surface area contributed by atoms with Crippen LogP contribution in [0, 0.1) is 0 Å². The van der Waals surface area contributed by atoms with E-state index >= 15 is 0 Å². The second kappa shape index (κ2) is 5.04. The molecule has 1 fully saturated rings. The normalized spacial score (nSPS) is 17.8. The average Bonchev–Trinajstić information content (AvgIpc) is 2.80. The predicted octanol–water partition coefficient (Wildman–Crippen LogP) is 4.01. The van der Waals surface area contributed by atoms with Gasteiger partial charge in [-0.25, -0.2) is 4.98 Å². The van der Waals surface area contributed by atoms with Crippen LogP contribution in [0.25, 0.3) is 5.65 Å². The SMILES string of the molecule is FC(F)(F)c1cc2nc(C3CCOCC3)cn2cc1Br. The zero-order valence-corrected chi connectivity index (χ0v) is 12.0. The fraction of sp³-hybridized carbons (Fsp3) is 0.462. The molecule has 0 saturated carbocycles. The number of ether oxygens (including phenoxy) is 1. The second-order valence-electron chi connectivity index (χ2n) is 4.85. The number of rotatable bonds is 1. The summed E-state index contributed by atoms with van der Waals surface area (Å²) < 4.78 is 45.5. The third-order valence-corrected chi connectivity index (χ3v) is 4.14. The Morgan fingerprint density at radius 2 is 1.95 bits per heavy atom. The van der Waals surface area contributed by atoms with Crippen LogP contribution >= 0.6 is 15.9 Å². The molecular formula is C13H12BrF3N2O. The first-order valence-corrected chi connectivity index (χ1v) is 7.07. The molecule has 3 nitrogen and oxygen atoms in total. The maximum Gasteiger partial charge on any atom is 0.417 e. The summed E-state index contributed by atoms with van der Waals surface area (Å²) >= 11 is 2.97. The van der Waals surface area contributed by atoms with Gasteiger partial charge in [-0.2, -0.15) is 13.2 Å². The molecule has 0 atom stereocenters. The lowest BCUT2D eigenvalue weighted by atomic mass is 9.97. The largest absolute Gasteiger partial charge is 0.417 e. The molecular weight excluding hydrogens is 337 g/mol. The summed E-state index contributed by atoms with van der Waals surface area (Å²) in [6, 6.07) is 1.08. The van der Waals surface area contributed by atoms with Gasteiger partial charge in [0, 0.05) is 36.0 Å². The van der Waals surface area contributed by atoms with Crippen molar-refractivity contribution in [3.63, 3.8) is 0 Å². The molecule has 0 bridgehead atoms. The quantitative estimate of drug-likeness (QED) is 0.778. The van der Waals surface area contributed by atoms with Crippen LogP contribution < -0.4 is 0 Å². The third-order valence-electron chi connectivity index (χ3n) is 3.51. The zero-order valence-electron chi connectivity index (χ0n) is 10.5. The van der Waals surface area contributed by atoms with Gasteiger partial charge in [0.25, 0.3) is 0 Å². The van der Waals surface area contributed by atoms with E-state index in [-0.39, 0.29) is 10.4 Å². The van der Waals surface area contributed by atoms with E-state index in [2.05, 4.69) is 20.9 Å². The molecule has 1 saturated heterocycles. The topological polar surface area (TPSA) is 26.5 Å². The van der Waals surface area contributed by atoms with Crippen LogP contribution in [0.2, 0.25) is 0 Å². The Bertz CT molecular complexity index is 632. The van der Waals surface area contributed by atoms with E-state index in [0.29, 0.717) is 18.9 Å². The monoisotopic (exact) mass is 348 g/mol. The lowest BCUT2D eigenvalue weighted by Gasteiger charge is -2.19. The zero-order chi connectivity index (χ0) is 14.3. The van der Waals surface area contributed by atoms with Gasteiger partial charge in [0.2, 0.25) is 0 Å². The highest BCUT2D eigenvalue weighted by Crippen LogP contribution is 2.36. The van der Waals surface area contributed by atoms with Crippen LogP contribution in [0.5, 0.6) is 0 Å². The molecule has 3 heterocycles. The predicted molar refractivity (Wildman–Crippen MR) is 70.7 cm³/mol. The van der Waals surface area contributed by atoms with E-state index in [9.17, 15) is 13.2 Å². The highest BCUT2D eigenvalue weighted by molar-refractivity contribution is 9.10. The molecule has 0 aromatic carbocycles. The standard InChI is InChI=1S/C13H12BrF3N2O/c14-10-6-19-7-11(8-1-3-20-4-2-8)18-12(19)5-9(10)13(15,16)17/h5-8H,1-4H2. The number of fused-ring (bicyclic) bond motifs is 1. The first-order valence-electron chi connectivity index (χ1n) is 6.28. The Labute approximate surface area is 121 Å². The molecule has 1 aliphatic heterocycles. The summed E-state index contributed by atoms with van der Waals surface area (Å²) in [5.41, 5.74) is 0.454. The van der Waals surface area contributed by atoms with Crippen molar-refractivity contribution in [1.82, 2.24) is 9.38 Å². The van der Waals surface area contributed by atoms with Crippen molar-refractivity contribution < 1.29 is 17.9 Å². The summed E-state index contributed by atoms with van der Waals surface area (Å²) in [4.78, 5) is 4.34. The Kier molecular flexibility index (Phi) is 3.50. The number of aromatic nitrogens is 2. The van der Waals surface area contributed by atoms with Crippen LogP contribution in [0.4, 0.5) is 13.2 Å². The molecule has 3 rings (SSSR count). The summed E-state index contributed by atoms with van der Waals surface area (Å²) in [6.45, 7) is 1.35. The Balaban J connectivity index is 2.02. The first kappa shape index (κ1) is 13.9. The lowest BCUT2D eigenvalue weighted by molar-refractivity contribution is -0.138. The van der Waals surface area contributed by atoms with Crippen molar-refractivity contribution in [1.29, 1.82) is 0 Å². The van der Waals surface area contributed by atoms with Gasteiger partial charge >= 0.3 is 6.18 Å². The second-order valence-corrected chi connectivity index (χ2v) is 5.71. The summed E-state index contributed by atoms with van der Waals surface area (Å²) in [6.07, 6.45) is 0.546. The minimum absolute atomic E-state index is 0.0217. The fourth-order valence-corrected chi connectivity index (χ4v) is 2.99. The van der Waals surface area contributed by atoms with Crippen LogP contribution in [-0.2, 0) is 10.9 Å². The first-order chi connectivity index (χ1) is 9.45. The smallest absolute Gasteiger partial charge is 0.381 e. The van der Waals surface area contributed by atoms with Gasteiger partial charge in [-0.3, -0.25) is 0 Å². The van der Waals surface area contributed by atoms with Crippen molar-refractivity contribution in [3.05, 3.63) is 34.2 Å². The number of imidazole rings is 1. The van der Waals surface area contributed by atoms with E-state index in [1.807, 2.05) is 0 Å². The molecule has 0 aliphatic carbocycles. The number of alkyl halides is 3. The van der Waals surface area contributed by atoms with Gasteiger partial charge in [0.1, 0.15) is 5.65 Å². The number of nitrogens with zero attached hydrogens (tertiary/aromatic N) is 2. The van der Waals surface area contributed by atoms with Crippen molar-refractivity contribution in [2.45, 2.75) is 24.9 Å². The molecule has 7 heteroatoms. The summed E-state index contributed by atoms with van der Waals surface area (Å²) in [5, 5.41) is 0. The molecule has 20 heavy (non-hydrogen) atoms. The maximum absolute atomic E-state index is 12.9. The number of hydrogen-bond acceptors (Lipinski definition) is 2. The van der Waals surface area contributed by atoms with Crippen LogP contribution in [0.3, 0.4) is 0 Å². The molecule has 0 spiro atoms. The van der Waals surface area contributed by atoms with Gasteiger partial charge in [0.15, 0.2) is 0 Å². The Hall–Kier alpha value is -1.08. The summed E-state index contributed by atoms with van der Waals surface area (Å²) in [7, 11) is 0. The van der Waals surface area contributed by atoms with Gasteiger partial charge in [-0.15, -0.1) is 0 Å². The Morgan fingerprint density at radius 1 is 1.25 bits per heavy atom. The minimum atomic E-state index is -4.38. The van der Waals surface area contributed by atoms with Crippen LogP contribution in [-0.4, -0.2) is 22.6 Å². The van der Waals surface area contributed by atoms with E-state index in [1.165, 1.54) is 6.20 Å². The van der Waals surface area contributed by atoms with E-state index in [0.717, 1.165) is 24.6 Å². The lowest BCUT2D eigenvalue weighted by Crippen LogP contribution is -2.14. The van der Waals surface area contributed by atoms with E-state index in [4.69, 9.17) is 4.74 Å². The molecule has 0 unspecified atom stereocenters. The molecule has 0 amide bonds. The van der Waals surface area contributed by atoms with Gasteiger partial charge in [-0.1, -0.05) is 0 Å². The molecule has 1 aliphatic rings. The van der Waals surface area contributed by atoms with E-state index in [1.54, 1.807) is 10.6 Å². The highest BCUT2D eigenvalue weighted by Gasteiger charge is 2.33. The van der Waals surface area contributed by atoms with Crippen molar-refractivity contribution in [3.8, 4) is 0 Å². The average molecular weight is 349 g/mol. The molecule has 2 aromatic heterocycles. The number of hydrogen-bond donors (Lipinski definition) is 0. The molecule has 2 aromatic rings. The highest BCUT2D eigenvalue weighted by atomic mass is 79.9. The van der Waals surface area contributed by atoms with Gasteiger partial charge in [0.05, 0.1) is 11.3 Å². The number of halogens is 4. The van der Waals surface area contributed by atoms with Gasteiger partial charge < -0.3 is 9.14 Å². The van der Waals surface area contributed by atoms with Crippen LogP contribution in [0.1, 0.15) is 30.0 Å². The summed E-state index contributed by atoms with van der Waals surface area (Å²) in [5.74, 6) is 0.261. The maximum atomic E-state index is 12.9. The van der Waals surface area contributed by atoms with Crippen molar-refractivity contribution in [2.24, 2.45) is 0 Å². The van der Waals surface area contributed by atoms with Crippen molar-refractivity contribution in [2.75, 3.05) is 13.2 Å².